The van der Waals surface area contributed by atoms with Gasteiger partial charge in [0, 0.05) is 11.4 Å². The standard InChI is InChI=1S/C17H16N2/c1-2-15(13-14-18)19(16-9-5-3-6-10-16)17-11-7-4-8-12-17/h2-12,15H,1,13H2. The second-order valence-electron chi connectivity index (χ2n) is 4.21. The molecule has 0 N–H and O–H groups in total. The summed E-state index contributed by atoms with van der Waals surface area (Å²) in [6.07, 6.45) is 2.23. The van der Waals surface area contributed by atoms with Gasteiger partial charge in [0.1, 0.15) is 0 Å². The number of nitrogens with zero attached hydrogens (tertiary/aromatic N) is 2. The number of hydrogen-bond acceptors (Lipinski definition) is 2. The Kier molecular flexibility index (Phi) is 4.36. The van der Waals surface area contributed by atoms with Crippen molar-refractivity contribution in [2.45, 2.75) is 12.5 Å². The average molecular weight is 248 g/mol. The maximum Gasteiger partial charge on any atom is 0.0649 e. The Morgan fingerprint density at radius 2 is 1.47 bits per heavy atom. The number of hydrogen-bond donors (Lipinski definition) is 0. The summed E-state index contributed by atoms with van der Waals surface area (Å²) < 4.78 is 0. The molecule has 94 valence electrons. The number of nitriles is 1. The summed E-state index contributed by atoms with van der Waals surface area (Å²) in [5, 5.41) is 8.99. The molecular weight excluding hydrogens is 232 g/mol. The van der Waals surface area contributed by atoms with Crippen molar-refractivity contribution in [3.05, 3.63) is 73.3 Å². The fourth-order valence-corrected chi connectivity index (χ4v) is 2.08. The molecule has 0 heterocycles. The molecule has 0 fully saturated rings. The maximum atomic E-state index is 8.99. The van der Waals surface area contributed by atoms with Gasteiger partial charge in [-0.25, -0.2) is 0 Å². The highest BCUT2D eigenvalue weighted by Crippen LogP contribution is 2.28. The van der Waals surface area contributed by atoms with Gasteiger partial charge >= 0.3 is 0 Å². The minimum absolute atomic E-state index is 0.0326. The molecule has 0 spiro atoms. The van der Waals surface area contributed by atoms with Gasteiger partial charge in [0.05, 0.1) is 18.5 Å². The molecule has 0 amide bonds. The van der Waals surface area contributed by atoms with Crippen LogP contribution in [0, 0.1) is 11.3 Å². The molecule has 0 saturated carbocycles. The van der Waals surface area contributed by atoms with Gasteiger partial charge in [-0.3, -0.25) is 0 Å². The lowest BCUT2D eigenvalue weighted by Crippen LogP contribution is -2.28. The van der Waals surface area contributed by atoms with E-state index in [1.165, 1.54) is 0 Å². The molecule has 0 aromatic heterocycles. The van der Waals surface area contributed by atoms with Gasteiger partial charge in [-0.2, -0.15) is 5.26 Å². The summed E-state index contributed by atoms with van der Waals surface area (Å²) in [5.74, 6) is 0. The zero-order valence-electron chi connectivity index (χ0n) is 10.7. The van der Waals surface area contributed by atoms with Crippen LogP contribution in [0.4, 0.5) is 11.4 Å². The van der Waals surface area contributed by atoms with Crippen molar-refractivity contribution in [2.75, 3.05) is 4.90 Å². The summed E-state index contributed by atoms with van der Waals surface area (Å²) in [5.41, 5.74) is 2.13. The van der Waals surface area contributed by atoms with Gasteiger partial charge in [0.2, 0.25) is 0 Å². The normalized spacial score (nSPS) is 11.3. The number of anilines is 2. The third kappa shape index (κ3) is 3.02. The Bertz CT molecular complexity index is 515. The number of rotatable bonds is 5. The minimum atomic E-state index is -0.0326. The van der Waals surface area contributed by atoms with Gasteiger partial charge < -0.3 is 4.90 Å². The van der Waals surface area contributed by atoms with Gasteiger partial charge in [-0.1, -0.05) is 42.5 Å². The fourth-order valence-electron chi connectivity index (χ4n) is 2.08. The Morgan fingerprint density at radius 1 is 1.00 bits per heavy atom. The van der Waals surface area contributed by atoms with Crippen molar-refractivity contribution < 1.29 is 0 Å². The summed E-state index contributed by atoms with van der Waals surface area (Å²) >= 11 is 0. The lowest BCUT2D eigenvalue weighted by Gasteiger charge is -2.30. The predicted molar refractivity (Wildman–Crippen MR) is 79.2 cm³/mol. The summed E-state index contributed by atoms with van der Waals surface area (Å²) in [6.45, 7) is 3.86. The maximum absolute atomic E-state index is 8.99. The summed E-state index contributed by atoms with van der Waals surface area (Å²) in [4.78, 5) is 2.14. The van der Waals surface area contributed by atoms with Crippen molar-refractivity contribution in [1.82, 2.24) is 0 Å². The van der Waals surface area contributed by atoms with E-state index in [4.69, 9.17) is 5.26 Å². The SMILES string of the molecule is C=CC(CC#N)N(c1ccccc1)c1ccccc1. The molecule has 1 unspecified atom stereocenters. The van der Waals surface area contributed by atoms with E-state index in [0.717, 1.165) is 11.4 Å². The van der Waals surface area contributed by atoms with Crippen molar-refractivity contribution in [3.8, 4) is 6.07 Å². The highest BCUT2D eigenvalue weighted by Gasteiger charge is 2.17. The minimum Gasteiger partial charge on any atom is -0.334 e. The first-order chi connectivity index (χ1) is 9.36. The molecule has 0 saturated heterocycles. The Hall–Kier alpha value is -2.53. The van der Waals surface area contributed by atoms with E-state index in [0.29, 0.717) is 6.42 Å². The third-order valence-electron chi connectivity index (χ3n) is 2.97. The lowest BCUT2D eigenvalue weighted by atomic mass is 10.1. The van der Waals surface area contributed by atoms with E-state index in [-0.39, 0.29) is 6.04 Å². The summed E-state index contributed by atoms with van der Waals surface area (Å²) in [7, 11) is 0. The van der Waals surface area contributed by atoms with E-state index < -0.39 is 0 Å². The van der Waals surface area contributed by atoms with Crippen LogP contribution in [0.15, 0.2) is 73.3 Å². The first-order valence-electron chi connectivity index (χ1n) is 6.25. The van der Waals surface area contributed by atoms with Crippen molar-refractivity contribution >= 4 is 11.4 Å². The van der Waals surface area contributed by atoms with Gasteiger partial charge in [0.15, 0.2) is 0 Å². The molecule has 0 radical (unpaired) electrons. The molecule has 2 nitrogen and oxygen atoms in total. The first-order valence-corrected chi connectivity index (χ1v) is 6.25. The predicted octanol–water partition coefficient (Wildman–Crippen LogP) is 4.29. The Morgan fingerprint density at radius 3 is 1.84 bits per heavy atom. The molecule has 0 aliphatic rings. The molecular formula is C17H16N2. The molecule has 1 atom stereocenters. The van der Waals surface area contributed by atoms with Crippen molar-refractivity contribution in [2.24, 2.45) is 0 Å². The second-order valence-corrected chi connectivity index (χ2v) is 4.21. The van der Waals surface area contributed by atoms with E-state index >= 15 is 0 Å². The van der Waals surface area contributed by atoms with Crippen LogP contribution in [0.2, 0.25) is 0 Å². The third-order valence-corrected chi connectivity index (χ3v) is 2.97. The van der Waals surface area contributed by atoms with Gasteiger partial charge in [0.25, 0.3) is 0 Å². The Balaban J connectivity index is 2.45. The van der Waals surface area contributed by atoms with Crippen LogP contribution in [0.5, 0.6) is 0 Å². The van der Waals surface area contributed by atoms with E-state index in [1.54, 1.807) is 0 Å². The molecule has 2 aromatic rings. The first kappa shape index (κ1) is 12.9. The molecule has 2 heteroatoms. The topological polar surface area (TPSA) is 27.0 Å². The zero-order chi connectivity index (χ0) is 13.5. The number of para-hydroxylation sites is 2. The van der Waals surface area contributed by atoms with Gasteiger partial charge in [-0.05, 0) is 24.3 Å². The zero-order valence-corrected chi connectivity index (χ0v) is 10.7. The van der Waals surface area contributed by atoms with Crippen molar-refractivity contribution in [3.63, 3.8) is 0 Å². The average Bonchev–Trinajstić information content (AvgIpc) is 2.49. The smallest absolute Gasteiger partial charge is 0.0649 e. The molecule has 0 bridgehead atoms. The lowest BCUT2D eigenvalue weighted by molar-refractivity contribution is 0.801. The van der Waals surface area contributed by atoms with Crippen LogP contribution in [-0.4, -0.2) is 6.04 Å². The highest BCUT2D eigenvalue weighted by atomic mass is 15.2. The van der Waals surface area contributed by atoms with Crippen LogP contribution in [0.1, 0.15) is 6.42 Å². The number of benzene rings is 2. The second kappa shape index (κ2) is 6.42. The monoisotopic (exact) mass is 248 g/mol. The fraction of sp³-hybridized carbons (Fsp3) is 0.118. The molecule has 0 aliphatic carbocycles. The molecule has 2 rings (SSSR count). The molecule has 0 aliphatic heterocycles. The van der Waals surface area contributed by atoms with E-state index in [1.807, 2.05) is 66.7 Å². The highest BCUT2D eigenvalue weighted by molar-refractivity contribution is 5.64. The van der Waals surface area contributed by atoms with Gasteiger partial charge in [-0.15, -0.1) is 6.58 Å². The van der Waals surface area contributed by atoms with Crippen molar-refractivity contribution in [1.29, 1.82) is 5.26 Å². The van der Waals surface area contributed by atoms with Crippen LogP contribution >= 0.6 is 0 Å². The van der Waals surface area contributed by atoms with Crippen LogP contribution in [0.25, 0.3) is 0 Å². The van der Waals surface area contributed by atoms with Crippen LogP contribution in [-0.2, 0) is 0 Å². The largest absolute Gasteiger partial charge is 0.334 e. The summed E-state index contributed by atoms with van der Waals surface area (Å²) in [6, 6.07) is 22.3. The molecule has 19 heavy (non-hydrogen) atoms. The Labute approximate surface area is 114 Å². The molecule has 2 aromatic carbocycles. The van der Waals surface area contributed by atoms with Crippen LogP contribution in [0.3, 0.4) is 0 Å². The van der Waals surface area contributed by atoms with Crippen LogP contribution < -0.4 is 4.90 Å². The van der Waals surface area contributed by atoms with E-state index in [9.17, 15) is 0 Å². The quantitative estimate of drug-likeness (QED) is 0.738. The van der Waals surface area contributed by atoms with E-state index in [2.05, 4.69) is 17.5 Å².